The fourth-order valence-corrected chi connectivity index (χ4v) is 4.57. The molecule has 1 aromatic carbocycles. The molecule has 1 aliphatic heterocycles. The summed E-state index contributed by atoms with van der Waals surface area (Å²) in [6.45, 7) is 1.89. The molecular weight excluding hydrogens is 439 g/mol. The van der Waals surface area contributed by atoms with Crippen LogP contribution >= 0.6 is 22.9 Å². The molecule has 0 atom stereocenters. The Morgan fingerprint density at radius 1 is 1.17 bits per heavy atom. The minimum absolute atomic E-state index is 0.172. The highest BCUT2D eigenvalue weighted by atomic mass is 35.5. The first-order valence-corrected chi connectivity index (χ1v) is 10.6. The van der Waals surface area contributed by atoms with Crippen molar-refractivity contribution in [1.82, 2.24) is 9.80 Å². The van der Waals surface area contributed by atoms with Crippen molar-refractivity contribution in [2.24, 2.45) is 0 Å². The van der Waals surface area contributed by atoms with Crippen molar-refractivity contribution in [2.45, 2.75) is 19.5 Å². The summed E-state index contributed by atoms with van der Waals surface area (Å²) < 4.78 is 37.9. The lowest BCUT2D eigenvalue weighted by Crippen LogP contribution is -2.38. The Balaban J connectivity index is 1.66. The predicted molar refractivity (Wildman–Crippen MR) is 111 cm³/mol. The Kier molecular flexibility index (Phi) is 7.05. The van der Waals surface area contributed by atoms with Gasteiger partial charge >= 0.3 is 6.18 Å². The lowest BCUT2D eigenvalue weighted by molar-refractivity contribution is -0.145. The average molecular weight is 460 g/mol. The number of amides is 2. The normalized spacial score (nSPS) is 15.7. The SMILES string of the molecule is Cc1cc(NC(=O)c2ccccc2Cl)sc1C(=O)N1CCCN(CC(F)(F)F)CC1. The van der Waals surface area contributed by atoms with Gasteiger partial charge in [-0.3, -0.25) is 14.5 Å². The number of benzene rings is 1. The van der Waals surface area contributed by atoms with E-state index in [0.717, 1.165) is 11.3 Å². The van der Waals surface area contributed by atoms with Crippen molar-refractivity contribution in [1.29, 1.82) is 0 Å². The van der Waals surface area contributed by atoms with E-state index in [4.69, 9.17) is 11.6 Å². The summed E-state index contributed by atoms with van der Waals surface area (Å²) in [5.41, 5.74) is 1.03. The summed E-state index contributed by atoms with van der Waals surface area (Å²) in [6.07, 6.45) is -3.78. The van der Waals surface area contributed by atoms with E-state index >= 15 is 0 Å². The molecule has 1 N–H and O–H groups in total. The van der Waals surface area contributed by atoms with E-state index in [0.29, 0.717) is 45.5 Å². The monoisotopic (exact) mass is 459 g/mol. The fraction of sp³-hybridized carbons (Fsp3) is 0.400. The van der Waals surface area contributed by atoms with Crippen LogP contribution in [0.25, 0.3) is 0 Å². The Bertz CT molecular complexity index is 932. The average Bonchev–Trinajstić information content (AvgIpc) is 2.87. The van der Waals surface area contributed by atoms with Crippen molar-refractivity contribution in [2.75, 3.05) is 38.0 Å². The maximum absolute atomic E-state index is 13.0. The van der Waals surface area contributed by atoms with Crippen LogP contribution in [0.1, 0.15) is 32.0 Å². The molecule has 0 bridgehead atoms. The largest absolute Gasteiger partial charge is 0.401 e. The summed E-state index contributed by atoms with van der Waals surface area (Å²) in [7, 11) is 0. The Morgan fingerprint density at radius 2 is 1.90 bits per heavy atom. The van der Waals surface area contributed by atoms with Crippen LogP contribution in [-0.2, 0) is 0 Å². The molecule has 1 fully saturated rings. The highest BCUT2D eigenvalue weighted by molar-refractivity contribution is 7.18. The molecule has 30 heavy (non-hydrogen) atoms. The van der Waals surface area contributed by atoms with Gasteiger partial charge in [0, 0.05) is 26.2 Å². The number of halogens is 4. The standard InChI is InChI=1S/C20H21ClF3N3O2S/c1-13-11-16(25-18(28)14-5-2-3-6-15(14)21)30-17(13)19(29)27-8-4-7-26(9-10-27)12-20(22,23)24/h2-3,5-6,11H,4,7-10,12H2,1H3,(H,25,28). The number of nitrogens with one attached hydrogen (secondary N) is 1. The first-order chi connectivity index (χ1) is 14.1. The predicted octanol–water partition coefficient (Wildman–Crippen LogP) is 4.67. The van der Waals surface area contributed by atoms with E-state index in [2.05, 4.69) is 5.32 Å². The third-order valence-electron chi connectivity index (χ3n) is 4.75. The van der Waals surface area contributed by atoms with E-state index in [1.165, 1.54) is 4.90 Å². The number of nitrogens with zero attached hydrogens (tertiary/aromatic N) is 2. The quantitative estimate of drug-likeness (QED) is 0.722. The number of anilines is 1. The molecule has 1 saturated heterocycles. The third kappa shape index (κ3) is 5.74. The Hall–Kier alpha value is -2.10. The van der Waals surface area contributed by atoms with Crippen LogP contribution < -0.4 is 5.32 Å². The number of hydrogen-bond acceptors (Lipinski definition) is 4. The number of carbonyl (C=O) groups excluding carboxylic acids is 2. The van der Waals surface area contributed by atoms with Gasteiger partial charge in [0.15, 0.2) is 0 Å². The van der Waals surface area contributed by atoms with Gasteiger partial charge in [0.1, 0.15) is 0 Å². The van der Waals surface area contributed by atoms with Crippen molar-refractivity contribution in [3.05, 3.63) is 51.4 Å². The van der Waals surface area contributed by atoms with Gasteiger partial charge in [-0.1, -0.05) is 23.7 Å². The number of thiophene rings is 1. The topological polar surface area (TPSA) is 52.7 Å². The van der Waals surface area contributed by atoms with Crippen molar-refractivity contribution in [3.8, 4) is 0 Å². The van der Waals surface area contributed by atoms with Gasteiger partial charge in [0.25, 0.3) is 11.8 Å². The van der Waals surface area contributed by atoms with E-state index in [9.17, 15) is 22.8 Å². The third-order valence-corrected chi connectivity index (χ3v) is 6.22. The molecule has 0 spiro atoms. The molecule has 2 amide bonds. The van der Waals surface area contributed by atoms with Crippen LogP contribution in [0, 0.1) is 6.92 Å². The molecule has 2 heterocycles. The van der Waals surface area contributed by atoms with Gasteiger partial charge in [-0.05, 0) is 37.1 Å². The molecule has 162 valence electrons. The second kappa shape index (κ2) is 9.36. The first-order valence-electron chi connectivity index (χ1n) is 9.39. The zero-order valence-corrected chi connectivity index (χ0v) is 17.8. The summed E-state index contributed by atoms with van der Waals surface area (Å²) in [6, 6.07) is 8.36. The van der Waals surface area contributed by atoms with Crippen LogP contribution in [0.2, 0.25) is 5.02 Å². The summed E-state index contributed by atoms with van der Waals surface area (Å²) in [4.78, 5) is 28.8. The number of alkyl halides is 3. The van der Waals surface area contributed by atoms with E-state index in [1.807, 2.05) is 0 Å². The first kappa shape index (κ1) is 22.6. The molecule has 1 aromatic heterocycles. The van der Waals surface area contributed by atoms with Crippen molar-refractivity contribution >= 4 is 39.8 Å². The summed E-state index contributed by atoms with van der Waals surface area (Å²) in [5, 5.41) is 3.59. The van der Waals surface area contributed by atoms with Crippen molar-refractivity contribution < 1.29 is 22.8 Å². The summed E-state index contributed by atoms with van der Waals surface area (Å²) in [5.74, 6) is -0.608. The van der Waals surface area contributed by atoms with E-state index in [1.54, 1.807) is 42.2 Å². The highest BCUT2D eigenvalue weighted by Gasteiger charge is 2.32. The number of carbonyl (C=O) groups is 2. The second-order valence-electron chi connectivity index (χ2n) is 7.09. The Morgan fingerprint density at radius 3 is 2.60 bits per heavy atom. The molecule has 5 nitrogen and oxygen atoms in total. The van der Waals surface area contributed by atoms with Crippen LogP contribution in [0.5, 0.6) is 0 Å². The molecule has 0 unspecified atom stereocenters. The lowest BCUT2D eigenvalue weighted by Gasteiger charge is -2.22. The highest BCUT2D eigenvalue weighted by Crippen LogP contribution is 2.29. The van der Waals surface area contributed by atoms with E-state index in [-0.39, 0.29) is 24.9 Å². The molecule has 2 aromatic rings. The van der Waals surface area contributed by atoms with Gasteiger partial charge < -0.3 is 10.2 Å². The maximum Gasteiger partial charge on any atom is 0.401 e. The maximum atomic E-state index is 13.0. The van der Waals surface area contributed by atoms with Crippen LogP contribution in [0.15, 0.2) is 30.3 Å². The minimum atomic E-state index is -4.25. The number of hydrogen-bond donors (Lipinski definition) is 1. The van der Waals surface area contributed by atoms with E-state index < -0.39 is 12.7 Å². The smallest absolute Gasteiger partial charge is 0.337 e. The number of rotatable bonds is 4. The molecule has 0 aliphatic carbocycles. The van der Waals surface area contributed by atoms with Gasteiger partial charge in [0.05, 0.1) is 27.0 Å². The second-order valence-corrected chi connectivity index (χ2v) is 8.55. The van der Waals surface area contributed by atoms with Gasteiger partial charge in [-0.2, -0.15) is 13.2 Å². The van der Waals surface area contributed by atoms with Crippen LogP contribution in [0.3, 0.4) is 0 Å². The summed E-state index contributed by atoms with van der Waals surface area (Å²) >= 11 is 7.20. The van der Waals surface area contributed by atoms with Crippen molar-refractivity contribution in [3.63, 3.8) is 0 Å². The minimum Gasteiger partial charge on any atom is -0.337 e. The molecule has 10 heteroatoms. The van der Waals surface area contributed by atoms with Gasteiger partial charge in [-0.15, -0.1) is 11.3 Å². The molecule has 0 saturated carbocycles. The molecular formula is C20H21ClF3N3O2S. The molecule has 3 rings (SSSR count). The fourth-order valence-electron chi connectivity index (χ4n) is 3.31. The molecule has 1 aliphatic rings. The Labute approximate surface area is 181 Å². The lowest BCUT2D eigenvalue weighted by atomic mass is 10.2. The van der Waals surface area contributed by atoms with Crippen LogP contribution in [-0.4, -0.2) is 60.5 Å². The zero-order chi connectivity index (χ0) is 21.9. The van der Waals surface area contributed by atoms with Gasteiger partial charge in [-0.25, -0.2) is 0 Å². The van der Waals surface area contributed by atoms with Crippen LogP contribution in [0.4, 0.5) is 18.2 Å². The van der Waals surface area contributed by atoms with Gasteiger partial charge in [0.2, 0.25) is 0 Å². The molecule has 0 radical (unpaired) electrons. The zero-order valence-electron chi connectivity index (χ0n) is 16.3. The number of aryl methyl sites for hydroxylation is 1.